The van der Waals surface area contributed by atoms with E-state index in [1.165, 1.54) is 19.4 Å². The molecular weight excluding hydrogens is 340 g/mol. The molecule has 1 unspecified atom stereocenters. The molecule has 0 N–H and O–H groups in total. The van der Waals surface area contributed by atoms with Crippen molar-refractivity contribution in [3.8, 4) is 0 Å². The standard InChI is InChI=1S/C17H24N4O2.2C2H6/c1-18(2)9-7-14-12-15(5-6-17(14)21(22)23)20-11-10-19-8-3-4-16(19)13-20;2*1-2/h5-7,9,12,16H,3-4,8,10-11,13H2,1-2H3;2*1-2H3/b9-7+;;. The summed E-state index contributed by atoms with van der Waals surface area (Å²) in [5.74, 6) is 0. The molecule has 2 saturated heterocycles. The Hall–Kier alpha value is -2.08. The van der Waals surface area contributed by atoms with E-state index in [1.807, 2.05) is 71.1 Å². The lowest BCUT2D eigenvalue weighted by Gasteiger charge is -2.38. The molecule has 0 bridgehead atoms. The predicted octanol–water partition coefficient (Wildman–Crippen LogP) is 4.46. The second-order valence-corrected chi connectivity index (χ2v) is 6.56. The lowest BCUT2D eigenvalue weighted by atomic mass is 10.1. The van der Waals surface area contributed by atoms with E-state index in [4.69, 9.17) is 0 Å². The molecule has 0 spiro atoms. The van der Waals surface area contributed by atoms with Crippen molar-refractivity contribution < 1.29 is 4.92 Å². The number of rotatable bonds is 4. The summed E-state index contributed by atoms with van der Waals surface area (Å²) >= 11 is 0. The largest absolute Gasteiger partial charge is 0.383 e. The van der Waals surface area contributed by atoms with Crippen LogP contribution in [0.15, 0.2) is 24.4 Å². The van der Waals surface area contributed by atoms with Gasteiger partial charge in [0.2, 0.25) is 0 Å². The fourth-order valence-corrected chi connectivity index (χ4v) is 3.49. The highest BCUT2D eigenvalue weighted by molar-refractivity contribution is 5.67. The Morgan fingerprint density at radius 1 is 1.15 bits per heavy atom. The van der Waals surface area contributed by atoms with Crippen molar-refractivity contribution >= 4 is 17.5 Å². The molecule has 0 aliphatic carbocycles. The van der Waals surface area contributed by atoms with Crippen LogP contribution in [0, 0.1) is 10.1 Å². The number of hydrogen-bond donors (Lipinski definition) is 0. The Balaban J connectivity index is 0.000000855. The summed E-state index contributed by atoms with van der Waals surface area (Å²) < 4.78 is 0. The lowest BCUT2D eigenvalue weighted by Crippen LogP contribution is -2.50. The third-order valence-electron chi connectivity index (χ3n) is 4.71. The summed E-state index contributed by atoms with van der Waals surface area (Å²) in [5, 5.41) is 11.2. The average molecular weight is 377 g/mol. The smallest absolute Gasteiger partial charge is 0.276 e. The van der Waals surface area contributed by atoms with Gasteiger partial charge in [0.25, 0.3) is 5.69 Å². The van der Waals surface area contributed by atoms with E-state index in [0.717, 1.165) is 25.3 Å². The lowest BCUT2D eigenvalue weighted by molar-refractivity contribution is -0.385. The van der Waals surface area contributed by atoms with Gasteiger partial charge in [0.1, 0.15) is 0 Å². The molecule has 152 valence electrons. The predicted molar refractivity (Wildman–Crippen MR) is 115 cm³/mol. The second kappa shape index (κ2) is 11.6. The van der Waals surface area contributed by atoms with Crippen molar-refractivity contribution in [2.75, 3.05) is 45.2 Å². The number of hydrogen-bond acceptors (Lipinski definition) is 5. The molecule has 0 radical (unpaired) electrons. The number of fused-ring (bicyclic) bond motifs is 1. The highest BCUT2D eigenvalue weighted by Crippen LogP contribution is 2.29. The molecule has 2 aliphatic rings. The molecule has 2 fully saturated rings. The Kier molecular flexibility index (Phi) is 9.86. The minimum atomic E-state index is -0.311. The maximum absolute atomic E-state index is 11.2. The van der Waals surface area contributed by atoms with E-state index in [-0.39, 0.29) is 10.6 Å². The van der Waals surface area contributed by atoms with E-state index in [9.17, 15) is 10.1 Å². The van der Waals surface area contributed by atoms with Crippen LogP contribution in [0.1, 0.15) is 46.1 Å². The number of nitrogens with zero attached hydrogens (tertiary/aromatic N) is 4. The molecule has 1 atom stereocenters. The monoisotopic (exact) mass is 376 g/mol. The Morgan fingerprint density at radius 2 is 1.85 bits per heavy atom. The van der Waals surface area contributed by atoms with Gasteiger partial charge in [-0.25, -0.2) is 0 Å². The number of anilines is 1. The molecule has 1 aromatic carbocycles. The fourth-order valence-electron chi connectivity index (χ4n) is 3.49. The van der Waals surface area contributed by atoms with Gasteiger partial charge in [0, 0.05) is 51.5 Å². The molecule has 3 rings (SSSR count). The summed E-state index contributed by atoms with van der Waals surface area (Å²) in [6.07, 6.45) is 6.21. The first-order valence-electron chi connectivity index (χ1n) is 10.2. The maximum Gasteiger partial charge on any atom is 0.276 e. The van der Waals surface area contributed by atoms with Crippen LogP contribution >= 0.6 is 0 Å². The summed E-state index contributed by atoms with van der Waals surface area (Å²) in [5.41, 5.74) is 1.90. The van der Waals surface area contributed by atoms with Crippen molar-refractivity contribution in [1.82, 2.24) is 9.80 Å². The normalized spacial score (nSPS) is 18.9. The van der Waals surface area contributed by atoms with Crippen LogP contribution in [0.4, 0.5) is 11.4 Å². The van der Waals surface area contributed by atoms with Gasteiger partial charge in [0.05, 0.1) is 10.5 Å². The van der Waals surface area contributed by atoms with Crippen LogP contribution in [-0.4, -0.2) is 61.0 Å². The summed E-state index contributed by atoms with van der Waals surface area (Å²) in [6.45, 7) is 12.3. The van der Waals surface area contributed by atoms with Crippen LogP contribution in [0.5, 0.6) is 0 Å². The highest BCUT2D eigenvalue weighted by atomic mass is 16.6. The molecule has 2 aliphatic heterocycles. The number of piperazine rings is 1. The molecule has 27 heavy (non-hydrogen) atoms. The molecule has 6 nitrogen and oxygen atoms in total. The zero-order valence-corrected chi connectivity index (χ0v) is 17.8. The third-order valence-corrected chi connectivity index (χ3v) is 4.71. The van der Waals surface area contributed by atoms with Crippen LogP contribution in [0.3, 0.4) is 0 Å². The van der Waals surface area contributed by atoms with E-state index in [2.05, 4.69) is 9.80 Å². The Bertz CT molecular complexity index is 616. The van der Waals surface area contributed by atoms with Gasteiger partial charge >= 0.3 is 0 Å². The first kappa shape index (κ1) is 23.0. The van der Waals surface area contributed by atoms with Crippen LogP contribution in [-0.2, 0) is 0 Å². The van der Waals surface area contributed by atoms with E-state index >= 15 is 0 Å². The van der Waals surface area contributed by atoms with Gasteiger partial charge in [-0.2, -0.15) is 0 Å². The van der Waals surface area contributed by atoms with Crippen molar-refractivity contribution in [3.05, 3.63) is 40.1 Å². The van der Waals surface area contributed by atoms with Gasteiger partial charge in [-0.1, -0.05) is 27.7 Å². The van der Waals surface area contributed by atoms with Crippen LogP contribution < -0.4 is 4.90 Å². The second-order valence-electron chi connectivity index (χ2n) is 6.56. The first-order chi connectivity index (χ1) is 13.0. The van der Waals surface area contributed by atoms with Crippen LogP contribution in [0.2, 0.25) is 0 Å². The van der Waals surface area contributed by atoms with E-state index in [0.29, 0.717) is 11.6 Å². The summed E-state index contributed by atoms with van der Waals surface area (Å²) in [4.78, 5) is 17.7. The SMILES string of the molecule is CC.CC.CN(C)/C=C/c1cc(N2CCN3CCCC3C2)ccc1[N+](=O)[O-]. The minimum Gasteiger partial charge on any atom is -0.383 e. The van der Waals surface area contributed by atoms with Crippen molar-refractivity contribution in [2.45, 2.75) is 46.6 Å². The van der Waals surface area contributed by atoms with Gasteiger partial charge in [0.15, 0.2) is 0 Å². The topological polar surface area (TPSA) is 52.9 Å². The molecule has 0 saturated carbocycles. The summed E-state index contributed by atoms with van der Waals surface area (Å²) in [6, 6.07) is 6.10. The molecular formula is C21H36N4O2. The molecule has 2 heterocycles. The minimum absolute atomic E-state index is 0.159. The van der Waals surface area contributed by atoms with Gasteiger partial charge in [-0.3, -0.25) is 15.0 Å². The zero-order valence-electron chi connectivity index (χ0n) is 17.8. The van der Waals surface area contributed by atoms with Crippen molar-refractivity contribution in [1.29, 1.82) is 0 Å². The fraction of sp³-hybridized carbons (Fsp3) is 0.619. The number of benzene rings is 1. The number of nitro groups is 1. The quantitative estimate of drug-likeness (QED) is 0.573. The maximum atomic E-state index is 11.2. The van der Waals surface area contributed by atoms with Crippen LogP contribution in [0.25, 0.3) is 6.08 Å². The zero-order chi connectivity index (χ0) is 20.4. The van der Waals surface area contributed by atoms with Gasteiger partial charge in [-0.05, 0) is 43.8 Å². The van der Waals surface area contributed by atoms with Crippen molar-refractivity contribution in [2.24, 2.45) is 0 Å². The first-order valence-corrected chi connectivity index (χ1v) is 10.2. The Morgan fingerprint density at radius 3 is 2.48 bits per heavy atom. The van der Waals surface area contributed by atoms with Gasteiger partial charge < -0.3 is 9.80 Å². The average Bonchev–Trinajstić information content (AvgIpc) is 3.17. The number of nitro benzene ring substituents is 1. The summed E-state index contributed by atoms with van der Waals surface area (Å²) in [7, 11) is 3.82. The van der Waals surface area contributed by atoms with Gasteiger partial charge in [-0.15, -0.1) is 0 Å². The molecule has 6 heteroatoms. The van der Waals surface area contributed by atoms with E-state index in [1.54, 1.807) is 6.07 Å². The molecule has 1 aromatic rings. The Labute approximate surface area is 164 Å². The third kappa shape index (κ3) is 6.24. The van der Waals surface area contributed by atoms with Crippen molar-refractivity contribution in [3.63, 3.8) is 0 Å². The molecule has 0 aromatic heterocycles. The highest BCUT2D eigenvalue weighted by Gasteiger charge is 2.30. The molecule has 0 amide bonds. The van der Waals surface area contributed by atoms with E-state index < -0.39 is 0 Å².